The van der Waals surface area contributed by atoms with Crippen LogP contribution in [-0.2, 0) is 6.54 Å². The van der Waals surface area contributed by atoms with Crippen LogP contribution in [-0.4, -0.2) is 17.0 Å². The van der Waals surface area contributed by atoms with Gasteiger partial charge in [0, 0.05) is 25.4 Å². The van der Waals surface area contributed by atoms with E-state index in [2.05, 4.69) is 20.6 Å². The number of nitrogens with zero attached hydrogens (tertiary/aromatic N) is 2. The molecule has 0 saturated carbocycles. The summed E-state index contributed by atoms with van der Waals surface area (Å²) in [6.45, 7) is 2.40. The summed E-state index contributed by atoms with van der Waals surface area (Å²) in [4.78, 5) is 8.47. The van der Waals surface area contributed by atoms with Crippen molar-refractivity contribution in [3.63, 3.8) is 0 Å². The Morgan fingerprint density at radius 3 is 2.74 bits per heavy atom. The van der Waals surface area contributed by atoms with E-state index in [1.54, 1.807) is 19.2 Å². The number of aromatic nitrogens is 2. The Balaban J connectivity index is 2.09. The summed E-state index contributed by atoms with van der Waals surface area (Å²) in [6.07, 6.45) is 0. The van der Waals surface area contributed by atoms with Crippen LogP contribution in [0.15, 0.2) is 24.3 Å². The van der Waals surface area contributed by atoms with Crippen molar-refractivity contribution in [3.05, 3.63) is 46.4 Å². The highest BCUT2D eigenvalue weighted by Gasteiger charge is 2.03. The highest BCUT2D eigenvalue weighted by atomic mass is 35.5. The van der Waals surface area contributed by atoms with Crippen molar-refractivity contribution in [2.24, 2.45) is 0 Å². The van der Waals surface area contributed by atoms with Crippen LogP contribution in [0.5, 0.6) is 0 Å². The maximum Gasteiger partial charge on any atom is 0.224 e. The predicted octanol–water partition coefficient (Wildman–Crippen LogP) is 3.23. The number of rotatable bonds is 4. The molecule has 1 aromatic carbocycles. The molecule has 1 aromatic heterocycles. The molecule has 0 radical (unpaired) electrons. The standard InChI is InChI=1S/C13H14ClFN4/c1-8-5-12(19-13(16-2)18-8)17-7-9-3-4-11(15)10(14)6-9/h3-6H,7H2,1-2H3,(H2,16,17,18,19). The van der Waals surface area contributed by atoms with Gasteiger partial charge < -0.3 is 10.6 Å². The largest absolute Gasteiger partial charge is 0.366 e. The summed E-state index contributed by atoms with van der Waals surface area (Å²) in [5, 5.41) is 6.16. The first kappa shape index (κ1) is 13.5. The van der Waals surface area contributed by atoms with Crippen molar-refractivity contribution in [1.29, 1.82) is 0 Å². The Morgan fingerprint density at radius 2 is 2.05 bits per heavy atom. The van der Waals surface area contributed by atoms with E-state index in [4.69, 9.17) is 11.6 Å². The zero-order chi connectivity index (χ0) is 13.8. The van der Waals surface area contributed by atoms with E-state index in [1.165, 1.54) is 6.07 Å². The second-order valence-corrected chi connectivity index (χ2v) is 4.48. The Kier molecular flexibility index (Phi) is 4.16. The van der Waals surface area contributed by atoms with Crippen LogP contribution < -0.4 is 10.6 Å². The number of anilines is 2. The molecular formula is C13H14ClFN4. The van der Waals surface area contributed by atoms with E-state index in [0.717, 1.165) is 11.3 Å². The molecule has 100 valence electrons. The van der Waals surface area contributed by atoms with Crippen molar-refractivity contribution >= 4 is 23.4 Å². The van der Waals surface area contributed by atoms with Crippen molar-refractivity contribution in [1.82, 2.24) is 9.97 Å². The molecule has 0 unspecified atom stereocenters. The molecule has 2 N–H and O–H groups in total. The molecule has 0 fully saturated rings. The van der Waals surface area contributed by atoms with Crippen molar-refractivity contribution in [3.8, 4) is 0 Å². The smallest absolute Gasteiger partial charge is 0.224 e. The predicted molar refractivity (Wildman–Crippen MR) is 75.1 cm³/mol. The fourth-order valence-electron chi connectivity index (χ4n) is 1.61. The maximum absolute atomic E-state index is 13.0. The van der Waals surface area contributed by atoms with Gasteiger partial charge in [-0.2, -0.15) is 4.98 Å². The highest BCUT2D eigenvalue weighted by Crippen LogP contribution is 2.17. The van der Waals surface area contributed by atoms with Crippen LogP contribution in [0, 0.1) is 12.7 Å². The third-order valence-electron chi connectivity index (χ3n) is 2.54. The van der Waals surface area contributed by atoms with Crippen LogP contribution in [0.3, 0.4) is 0 Å². The Hall–Kier alpha value is -1.88. The number of nitrogens with one attached hydrogen (secondary N) is 2. The first-order valence-corrected chi connectivity index (χ1v) is 6.17. The fourth-order valence-corrected chi connectivity index (χ4v) is 1.82. The molecule has 2 aromatic rings. The SMILES string of the molecule is CNc1nc(C)cc(NCc2ccc(F)c(Cl)c2)n1. The summed E-state index contributed by atoms with van der Waals surface area (Å²) in [6, 6.07) is 6.47. The van der Waals surface area contributed by atoms with E-state index in [9.17, 15) is 4.39 Å². The van der Waals surface area contributed by atoms with Crippen LogP contribution in [0.4, 0.5) is 16.2 Å². The molecule has 0 spiro atoms. The molecule has 0 aliphatic heterocycles. The molecule has 4 nitrogen and oxygen atoms in total. The lowest BCUT2D eigenvalue weighted by molar-refractivity contribution is 0.627. The molecule has 1 heterocycles. The Bertz CT molecular complexity index is 589. The maximum atomic E-state index is 13.0. The van der Waals surface area contributed by atoms with Crippen molar-refractivity contribution in [2.45, 2.75) is 13.5 Å². The first-order chi connectivity index (χ1) is 9.08. The van der Waals surface area contributed by atoms with Crippen LogP contribution in [0.25, 0.3) is 0 Å². The second-order valence-electron chi connectivity index (χ2n) is 4.07. The molecule has 19 heavy (non-hydrogen) atoms. The number of aryl methyl sites for hydroxylation is 1. The highest BCUT2D eigenvalue weighted by molar-refractivity contribution is 6.30. The number of hydrogen-bond acceptors (Lipinski definition) is 4. The third kappa shape index (κ3) is 3.54. The second kappa shape index (κ2) is 5.84. The Labute approximate surface area is 116 Å². The molecular weight excluding hydrogens is 267 g/mol. The molecule has 2 rings (SSSR count). The molecule has 0 saturated heterocycles. The average molecular weight is 281 g/mol. The van der Waals surface area contributed by atoms with E-state index < -0.39 is 5.82 Å². The van der Waals surface area contributed by atoms with E-state index in [-0.39, 0.29) is 5.02 Å². The molecule has 0 aliphatic carbocycles. The van der Waals surface area contributed by atoms with Crippen LogP contribution in [0.2, 0.25) is 5.02 Å². The lowest BCUT2D eigenvalue weighted by Gasteiger charge is -2.08. The molecule has 0 bridgehead atoms. The topological polar surface area (TPSA) is 49.8 Å². The number of hydrogen-bond donors (Lipinski definition) is 2. The van der Waals surface area contributed by atoms with Gasteiger partial charge in [0.25, 0.3) is 0 Å². The van der Waals surface area contributed by atoms with Gasteiger partial charge in [0.1, 0.15) is 11.6 Å². The van der Waals surface area contributed by atoms with Gasteiger partial charge in [-0.15, -0.1) is 0 Å². The molecule has 6 heteroatoms. The van der Waals surface area contributed by atoms with Crippen LogP contribution >= 0.6 is 11.6 Å². The Morgan fingerprint density at radius 1 is 1.26 bits per heavy atom. The normalized spacial score (nSPS) is 10.3. The van der Waals surface area contributed by atoms with Gasteiger partial charge in [0.2, 0.25) is 5.95 Å². The summed E-state index contributed by atoms with van der Waals surface area (Å²) < 4.78 is 13.0. The lowest BCUT2D eigenvalue weighted by Crippen LogP contribution is -2.05. The zero-order valence-electron chi connectivity index (χ0n) is 10.7. The van der Waals surface area contributed by atoms with E-state index in [0.29, 0.717) is 18.3 Å². The van der Waals surface area contributed by atoms with Gasteiger partial charge in [0.05, 0.1) is 5.02 Å². The lowest BCUT2D eigenvalue weighted by atomic mass is 10.2. The summed E-state index contributed by atoms with van der Waals surface area (Å²) >= 11 is 5.73. The number of benzene rings is 1. The van der Waals surface area contributed by atoms with E-state index in [1.807, 2.05) is 13.0 Å². The fraction of sp³-hybridized carbons (Fsp3) is 0.231. The van der Waals surface area contributed by atoms with Gasteiger partial charge in [-0.05, 0) is 24.6 Å². The molecule has 0 aliphatic rings. The summed E-state index contributed by atoms with van der Waals surface area (Å²) in [7, 11) is 1.76. The minimum atomic E-state index is -0.416. The van der Waals surface area contributed by atoms with Crippen LogP contribution in [0.1, 0.15) is 11.3 Å². The first-order valence-electron chi connectivity index (χ1n) is 5.79. The van der Waals surface area contributed by atoms with Crippen molar-refractivity contribution < 1.29 is 4.39 Å². The van der Waals surface area contributed by atoms with Crippen molar-refractivity contribution in [2.75, 3.05) is 17.7 Å². The quantitative estimate of drug-likeness (QED) is 0.903. The average Bonchev–Trinajstić information content (AvgIpc) is 2.39. The summed E-state index contributed by atoms with van der Waals surface area (Å²) in [5.41, 5.74) is 1.74. The molecule has 0 amide bonds. The zero-order valence-corrected chi connectivity index (χ0v) is 11.4. The minimum Gasteiger partial charge on any atom is -0.366 e. The van der Waals surface area contributed by atoms with Gasteiger partial charge in [-0.25, -0.2) is 9.37 Å². The van der Waals surface area contributed by atoms with Gasteiger partial charge in [-0.3, -0.25) is 0 Å². The van der Waals surface area contributed by atoms with Gasteiger partial charge >= 0.3 is 0 Å². The minimum absolute atomic E-state index is 0.120. The molecule has 0 atom stereocenters. The van der Waals surface area contributed by atoms with E-state index >= 15 is 0 Å². The van der Waals surface area contributed by atoms with Gasteiger partial charge in [0.15, 0.2) is 0 Å². The summed E-state index contributed by atoms with van der Waals surface area (Å²) in [5.74, 6) is 0.845. The number of halogens is 2. The monoisotopic (exact) mass is 280 g/mol. The van der Waals surface area contributed by atoms with Gasteiger partial charge in [-0.1, -0.05) is 17.7 Å². The third-order valence-corrected chi connectivity index (χ3v) is 2.83.